The Kier molecular flexibility index (Phi) is 12.2. The minimum Gasteiger partial charge on any atom is -0.461 e. The van der Waals surface area contributed by atoms with E-state index in [1.54, 1.807) is 19.1 Å². The van der Waals surface area contributed by atoms with E-state index in [0.717, 1.165) is 32.1 Å². The summed E-state index contributed by atoms with van der Waals surface area (Å²) >= 11 is 0. The number of ether oxygens (including phenoxy) is 4. The molecule has 0 aliphatic heterocycles. The van der Waals surface area contributed by atoms with Crippen LogP contribution in [-0.4, -0.2) is 42.6 Å². The van der Waals surface area contributed by atoms with Gasteiger partial charge in [-0.2, -0.15) is 0 Å². The summed E-state index contributed by atoms with van der Waals surface area (Å²) in [4.78, 5) is 49.9. The van der Waals surface area contributed by atoms with E-state index < -0.39 is 30.1 Å². The lowest BCUT2D eigenvalue weighted by Gasteiger charge is -2.22. The normalized spacial score (nSPS) is 16.0. The molecule has 1 aromatic rings. The van der Waals surface area contributed by atoms with E-state index in [-0.39, 0.29) is 60.1 Å². The molecule has 2 atom stereocenters. The summed E-state index contributed by atoms with van der Waals surface area (Å²) in [5.74, 6) is -1.71. The Hall–Kier alpha value is -2.94. The molecule has 9 heteroatoms. The van der Waals surface area contributed by atoms with Gasteiger partial charge in [-0.1, -0.05) is 66.9 Å². The van der Waals surface area contributed by atoms with Gasteiger partial charge in [0.1, 0.15) is 18.8 Å². The van der Waals surface area contributed by atoms with E-state index in [2.05, 4.69) is 0 Å². The van der Waals surface area contributed by atoms with Crippen LogP contribution in [0.2, 0.25) is 0 Å². The van der Waals surface area contributed by atoms with Gasteiger partial charge in [-0.05, 0) is 54.7 Å². The molecule has 224 valence electrons. The average molecular weight is 562 g/mol. The van der Waals surface area contributed by atoms with Crippen LogP contribution in [0.1, 0.15) is 99.0 Å². The number of hydrogen-bond acceptors (Lipinski definition) is 9. The summed E-state index contributed by atoms with van der Waals surface area (Å²) in [7, 11) is 0. The van der Waals surface area contributed by atoms with Crippen molar-refractivity contribution < 1.29 is 38.1 Å². The highest BCUT2D eigenvalue weighted by molar-refractivity contribution is 5.78. The van der Waals surface area contributed by atoms with Crippen molar-refractivity contribution in [3.63, 3.8) is 0 Å². The van der Waals surface area contributed by atoms with Crippen molar-refractivity contribution >= 4 is 23.9 Å². The van der Waals surface area contributed by atoms with Crippen molar-refractivity contribution in [1.29, 1.82) is 0 Å². The zero-order valence-electron chi connectivity index (χ0n) is 25.2. The Morgan fingerprint density at radius 1 is 0.875 bits per heavy atom. The number of hydrogen-bond donors (Lipinski definition) is 1. The molecule has 0 amide bonds. The standard InChI is InChI=1S/C31H47NO8/c1-20(38-28(35)22-11-9-8-10-12-22)19-37-29(36)23(32)15-21-13-14-24(39-26(33)17-30(2,3)4)25(16-21)40-27(34)18-31(5,6)7/h13-14,16,20,22-23H,8-12,15,17-19,32H2,1-7H3/t20-,23-/m0/s1. The Morgan fingerprint density at radius 2 is 1.43 bits per heavy atom. The Morgan fingerprint density at radius 3 is 1.98 bits per heavy atom. The van der Waals surface area contributed by atoms with Gasteiger partial charge in [-0.3, -0.25) is 19.2 Å². The minimum absolute atomic E-state index is 0.0813. The van der Waals surface area contributed by atoms with Gasteiger partial charge in [0.15, 0.2) is 11.5 Å². The van der Waals surface area contributed by atoms with Crippen LogP contribution in [0.4, 0.5) is 0 Å². The fourth-order valence-electron chi connectivity index (χ4n) is 4.34. The fraction of sp³-hybridized carbons (Fsp3) is 0.677. The zero-order valence-corrected chi connectivity index (χ0v) is 25.2. The first-order valence-electron chi connectivity index (χ1n) is 14.2. The van der Waals surface area contributed by atoms with Crippen LogP contribution in [0.5, 0.6) is 11.5 Å². The molecular formula is C31H47NO8. The summed E-state index contributed by atoms with van der Waals surface area (Å²) in [5.41, 5.74) is 6.12. The van der Waals surface area contributed by atoms with Crippen LogP contribution in [0.25, 0.3) is 0 Å². The minimum atomic E-state index is -1.01. The summed E-state index contributed by atoms with van der Waals surface area (Å²) in [6.07, 6.45) is 4.69. The molecule has 9 nitrogen and oxygen atoms in total. The van der Waals surface area contributed by atoms with Gasteiger partial charge < -0.3 is 24.7 Å². The quantitative estimate of drug-likeness (QED) is 0.282. The third-order valence-electron chi connectivity index (χ3n) is 6.28. The Labute approximate surface area is 238 Å². The van der Waals surface area contributed by atoms with Crippen LogP contribution >= 0.6 is 0 Å². The second-order valence-corrected chi connectivity index (χ2v) is 13.2. The SMILES string of the molecule is C[C@@H](COC(=O)[C@@H](N)Cc1ccc(OC(=O)CC(C)(C)C)c(OC(=O)CC(C)(C)C)c1)OC(=O)C1CCCCC1. The summed E-state index contributed by atoms with van der Waals surface area (Å²) in [6.45, 7) is 13.1. The molecule has 0 unspecified atom stereocenters. The van der Waals surface area contributed by atoms with Gasteiger partial charge in [0, 0.05) is 0 Å². The molecule has 1 saturated carbocycles. The molecule has 40 heavy (non-hydrogen) atoms. The first-order valence-corrected chi connectivity index (χ1v) is 14.2. The van der Waals surface area contributed by atoms with Crippen molar-refractivity contribution in [2.24, 2.45) is 22.5 Å². The molecule has 2 rings (SSSR count). The van der Waals surface area contributed by atoms with Gasteiger partial charge in [-0.25, -0.2) is 0 Å². The second kappa shape index (κ2) is 14.6. The fourth-order valence-corrected chi connectivity index (χ4v) is 4.34. The lowest BCUT2D eigenvalue weighted by atomic mass is 9.89. The predicted octanol–water partition coefficient (Wildman–Crippen LogP) is 5.29. The third-order valence-corrected chi connectivity index (χ3v) is 6.28. The maximum absolute atomic E-state index is 12.6. The molecule has 0 aromatic heterocycles. The summed E-state index contributed by atoms with van der Waals surface area (Å²) in [5, 5.41) is 0. The number of nitrogens with two attached hydrogens (primary N) is 1. The van der Waals surface area contributed by atoms with Crippen LogP contribution < -0.4 is 15.2 Å². The lowest BCUT2D eigenvalue weighted by Crippen LogP contribution is -2.36. The van der Waals surface area contributed by atoms with Gasteiger partial charge in [-0.15, -0.1) is 0 Å². The van der Waals surface area contributed by atoms with Crippen molar-refractivity contribution in [2.45, 2.75) is 112 Å². The van der Waals surface area contributed by atoms with E-state index in [1.807, 2.05) is 41.5 Å². The molecule has 2 N–H and O–H groups in total. The van der Waals surface area contributed by atoms with Crippen molar-refractivity contribution in [3.05, 3.63) is 23.8 Å². The number of esters is 4. The van der Waals surface area contributed by atoms with E-state index in [1.165, 1.54) is 6.07 Å². The topological polar surface area (TPSA) is 131 Å². The molecule has 1 aromatic carbocycles. The third kappa shape index (κ3) is 12.5. The van der Waals surface area contributed by atoms with Crippen molar-refractivity contribution in [3.8, 4) is 11.5 Å². The predicted molar refractivity (Wildman–Crippen MR) is 151 cm³/mol. The molecule has 0 bridgehead atoms. The summed E-state index contributed by atoms with van der Waals surface area (Å²) < 4.78 is 21.9. The van der Waals surface area contributed by atoms with E-state index in [9.17, 15) is 19.2 Å². The lowest BCUT2D eigenvalue weighted by molar-refractivity contribution is -0.162. The number of benzene rings is 1. The van der Waals surface area contributed by atoms with Crippen LogP contribution in [0.3, 0.4) is 0 Å². The number of carbonyl (C=O) groups excluding carboxylic acids is 4. The van der Waals surface area contributed by atoms with Gasteiger partial charge in [0.2, 0.25) is 0 Å². The Balaban J connectivity index is 2.02. The second-order valence-electron chi connectivity index (χ2n) is 13.2. The first kappa shape index (κ1) is 33.3. The smallest absolute Gasteiger partial charge is 0.323 e. The van der Waals surface area contributed by atoms with Gasteiger partial charge >= 0.3 is 23.9 Å². The van der Waals surface area contributed by atoms with Crippen molar-refractivity contribution in [2.75, 3.05) is 6.61 Å². The molecule has 1 fully saturated rings. The molecule has 0 radical (unpaired) electrons. The maximum Gasteiger partial charge on any atom is 0.323 e. The molecular weight excluding hydrogens is 514 g/mol. The molecule has 1 aliphatic carbocycles. The Bertz CT molecular complexity index is 1030. The van der Waals surface area contributed by atoms with E-state index in [4.69, 9.17) is 24.7 Å². The zero-order chi connectivity index (χ0) is 30.1. The van der Waals surface area contributed by atoms with Crippen LogP contribution in [0, 0.1) is 16.7 Å². The first-order chi connectivity index (χ1) is 18.5. The number of carbonyl (C=O) groups is 4. The van der Waals surface area contributed by atoms with Crippen molar-refractivity contribution in [1.82, 2.24) is 0 Å². The molecule has 0 heterocycles. The molecule has 1 aliphatic rings. The average Bonchev–Trinajstić information content (AvgIpc) is 2.82. The highest BCUT2D eigenvalue weighted by atomic mass is 16.6. The largest absolute Gasteiger partial charge is 0.461 e. The van der Waals surface area contributed by atoms with Crippen LogP contribution in [-0.2, 0) is 35.1 Å². The molecule has 0 saturated heterocycles. The van der Waals surface area contributed by atoms with Gasteiger partial charge in [0.25, 0.3) is 0 Å². The van der Waals surface area contributed by atoms with Crippen LogP contribution in [0.15, 0.2) is 18.2 Å². The number of rotatable bonds is 11. The van der Waals surface area contributed by atoms with E-state index >= 15 is 0 Å². The van der Waals surface area contributed by atoms with E-state index in [0.29, 0.717) is 5.56 Å². The highest BCUT2D eigenvalue weighted by Crippen LogP contribution is 2.32. The van der Waals surface area contributed by atoms with Gasteiger partial charge in [0.05, 0.1) is 18.8 Å². The maximum atomic E-state index is 12.6. The molecule has 0 spiro atoms. The highest BCUT2D eigenvalue weighted by Gasteiger charge is 2.26. The monoisotopic (exact) mass is 561 g/mol. The summed E-state index contributed by atoms with van der Waals surface area (Å²) in [6, 6.07) is 3.72.